The van der Waals surface area contributed by atoms with Crippen molar-refractivity contribution in [2.75, 3.05) is 13.8 Å². The van der Waals surface area contributed by atoms with E-state index in [1.165, 1.54) is 13.8 Å². The summed E-state index contributed by atoms with van der Waals surface area (Å²) in [5.74, 6) is 0. The van der Waals surface area contributed by atoms with Gasteiger partial charge in [0.2, 0.25) is 0 Å². The molecule has 0 amide bonds. The second-order valence-corrected chi connectivity index (χ2v) is 3.41. The minimum absolute atomic E-state index is 1.27. The molecule has 0 saturated heterocycles. The first kappa shape index (κ1) is 6.31. The van der Waals surface area contributed by atoms with Crippen LogP contribution >= 0.6 is 7.94 Å². The van der Waals surface area contributed by atoms with Crippen LogP contribution in [0.5, 0.6) is 0 Å². The molecular formula is C2H9O3P. The van der Waals surface area contributed by atoms with Crippen LogP contribution in [0.3, 0.4) is 0 Å². The molecule has 40 valence electrons. The van der Waals surface area contributed by atoms with E-state index < -0.39 is 7.94 Å². The fraction of sp³-hybridized carbons (Fsp3) is 1.00. The molecule has 0 heterocycles. The molecule has 0 rings (SSSR count). The van der Waals surface area contributed by atoms with Gasteiger partial charge in [-0.05, 0) is 0 Å². The molecule has 4 heteroatoms. The van der Waals surface area contributed by atoms with Gasteiger partial charge in [-0.2, -0.15) is 0 Å². The van der Waals surface area contributed by atoms with E-state index >= 15 is 0 Å². The first-order chi connectivity index (χ1) is 2.56. The predicted octanol–water partition coefficient (Wildman–Crippen LogP) is -0.258. The average Bonchev–Trinajstić information content (AvgIpc) is 1.35. The molecule has 0 aromatic carbocycles. The Bertz CT molecular complexity index is 38.5. The molecule has 0 aromatic rings. The van der Waals surface area contributed by atoms with Crippen LogP contribution in [0.15, 0.2) is 0 Å². The topological polar surface area (TPSA) is 49.7 Å². The predicted molar refractivity (Wildman–Crippen MR) is 25.7 cm³/mol. The fourth-order valence-electron chi connectivity index (χ4n) is 0. The van der Waals surface area contributed by atoms with Crippen molar-refractivity contribution in [1.29, 1.82) is 0 Å². The third-order valence-electron chi connectivity index (χ3n) is 0.387. The molecule has 0 radical (unpaired) electrons. The number of rotatable bonds is 1. The van der Waals surface area contributed by atoms with E-state index in [0.717, 1.165) is 0 Å². The van der Waals surface area contributed by atoms with Crippen LogP contribution in [0, 0.1) is 0 Å². The van der Waals surface area contributed by atoms with Gasteiger partial charge in [-0.1, -0.05) is 0 Å². The summed E-state index contributed by atoms with van der Waals surface area (Å²) in [6, 6.07) is 0. The Morgan fingerprint density at radius 2 is 1.67 bits per heavy atom. The summed E-state index contributed by atoms with van der Waals surface area (Å²) < 4.78 is 4.19. The van der Waals surface area contributed by atoms with Crippen LogP contribution in [0.25, 0.3) is 0 Å². The summed E-state index contributed by atoms with van der Waals surface area (Å²) >= 11 is 0. The molecule has 2 N–H and O–H groups in total. The van der Waals surface area contributed by atoms with Gasteiger partial charge in [0.05, 0.1) is 0 Å². The van der Waals surface area contributed by atoms with Crippen molar-refractivity contribution in [1.82, 2.24) is 0 Å². The Morgan fingerprint density at radius 1 is 1.50 bits per heavy atom. The van der Waals surface area contributed by atoms with E-state index in [9.17, 15) is 0 Å². The van der Waals surface area contributed by atoms with Crippen molar-refractivity contribution < 1.29 is 14.3 Å². The quantitative estimate of drug-likeness (QED) is 0.459. The van der Waals surface area contributed by atoms with Crippen LogP contribution in [0.2, 0.25) is 0 Å². The summed E-state index contributed by atoms with van der Waals surface area (Å²) in [5.41, 5.74) is 0. The van der Waals surface area contributed by atoms with Gasteiger partial charge in [0.15, 0.2) is 0 Å². The molecule has 0 fully saturated rings. The van der Waals surface area contributed by atoms with Crippen LogP contribution in [0.1, 0.15) is 0 Å². The van der Waals surface area contributed by atoms with Crippen molar-refractivity contribution in [3.05, 3.63) is 0 Å². The molecule has 0 aliphatic rings. The van der Waals surface area contributed by atoms with Gasteiger partial charge < -0.3 is 0 Å². The zero-order valence-electron chi connectivity index (χ0n) is 3.80. The van der Waals surface area contributed by atoms with Gasteiger partial charge in [-0.15, -0.1) is 0 Å². The van der Waals surface area contributed by atoms with Gasteiger partial charge in [-0.3, -0.25) is 0 Å². The zero-order chi connectivity index (χ0) is 5.21. The summed E-state index contributed by atoms with van der Waals surface area (Å²) in [4.78, 5) is 16.6. The van der Waals surface area contributed by atoms with Gasteiger partial charge in [0.25, 0.3) is 0 Å². The summed E-state index contributed by atoms with van der Waals surface area (Å²) in [5, 5.41) is 0. The molecule has 0 aromatic heterocycles. The van der Waals surface area contributed by atoms with Crippen LogP contribution in [0.4, 0.5) is 0 Å². The van der Waals surface area contributed by atoms with Crippen molar-refractivity contribution >= 4 is 7.94 Å². The number of hydrogen-bond acceptors (Lipinski definition) is 3. The van der Waals surface area contributed by atoms with Gasteiger partial charge in [0.1, 0.15) is 0 Å². The van der Waals surface area contributed by atoms with E-state index in [1.54, 1.807) is 0 Å². The Morgan fingerprint density at radius 3 is 1.67 bits per heavy atom. The standard InChI is InChI=1S/C2H9O3P/c1-5-6(2,3)4/h3-4,6H,1-2H3. The van der Waals surface area contributed by atoms with Gasteiger partial charge in [0, 0.05) is 0 Å². The molecular weight excluding hydrogens is 103 g/mol. The molecule has 0 aliphatic heterocycles. The van der Waals surface area contributed by atoms with Crippen molar-refractivity contribution in [3.8, 4) is 0 Å². The first-order valence-electron chi connectivity index (χ1n) is 1.56. The Kier molecular flexibility index (Phi) is 1.94. The molecule has 0 bridgehead atoms. The van der Waals surface area contributed by atoms with Crippen LogP contribution in [-0.4, -0.2) is 23.6 Å². The van der Waals surface area contributed by atoms with E-state index in [1.807, 2.05) is 0 Å². The molecule has 3 nitrogen and oxygen atoms in total. The summed E-state index contributed by atoms with van der Waals surface area (Å²) in [7, 11) is -1.86. The monoisotopic (exact) mass is 112 g/mol. The zero-order valence-corrected chi connectivity index (χ0v) is 4.80. The van der Waals surface area contributed by atoms with Gasteiger partial charge >= 0.3 is 36.0 Å². The number of hydrogen-bond donors (Lipinski definition) is 2. The fourth-order valence-corrected chi connectivity index (χ4v) is 0. The van der Waals surface area contributed by atoms with E-state index in [0.29, 0.717) is 0 Å². The molecule has 0 spiro atoms. The molecule has 6 heavy (non-hydrogen) atoms. The van der Waals surface area contributed by atoms with E-state index in [2.05, 4.69) is 4.52 Å². The van der Waals surface area contributed by atoms with Crippen molar-refractivity contribution in [3.63, 3.8) is 0 Å². The first-order valence-corrected chi connectivity index (χ1v) is 3.86. The van der Waals surface area contributed by atoms with Crippen LogP contribution < -0.4 is 0 Å². The molecule has 0 atom stereocenters. The average molecular weight is 112 g/mol. The molecule has 0 aliphatic carbocycles. The SMILES string of the molecule is CO[PH](C)(O)O. The Balaban J connectivity index is 3.17. The molecule has 0 unspecified atom stereocenters. The third kappa shape index (κ3) is 4.31. The maximum atomic E-state index is 8.30. The minimum atomic E-state index is -3.13. The van der Waals surface area contributed by atoms with E-state index in [-0.39, 0.29) is 0 Å². The maximum absolute atomic E-state index is 8.30. The van der Waals surface area contributed by atoms with Crippen molar-refractivity contribution in [2.45, 2.75) is 0 Å². The van der Waals surface area contributed by atoms with Crippen LogP contribution in [-0.2, 0) is 4.52 Å². The summed E-state index contributed by atoms with van der Waals surface area (Å²) in [6.07, 6.45) is 0. The van der Waals surface area contributed by atoms with Crippen molar-refractivity contribution in [2.24, 2.45) is 0 Å². The third-order valence-corrected chi connectivity index (χ3v) is 1.16. The Hall–Kier alpha value is 0.310. The molecule has 0 saturated carbocycles. The summed E-state index contributed by atoms with van der Waals surface area (Å²) in [6.45, 7) is 1.27. The van der Waals surface area contributed by atoms with E-state index in [4.69, 9.17) is 9.79 Å². The second kappa shape index (κ2) is 1.85. The Labute approximate surface area is 37.2 Å². The second-order valence-electron chi connectivity index (χ2n) is 1.14. The normalized spacial score (nSPS) is 14.7. The van der Waals surface area contributed by atoms with Gasteiger partial charge in [-0.25, -0.2) is 0 Å².